The third kappa shape index (κ3) is 3.32. The lowest BCUT2D eigenvalue weighted by Gasteiger charge is -2.26. The van der Waals surface area contributed by atoms with E-state index in [1.54, 1.807) is 0 Å². The van der Waals surface area contributed by atoms with E-state index in [9.17, 15) is 9.90 Å². The van der Waals surface area contributed by atoms with Crippen LogP contribution in [-0.2, 0) is 9.53 Å². The fraction of sp³-hybridized carbons (Fsp3) is 0.889. The van der Waals surface area contributed by atoms with E-state index in [-0.39, 0.29) is 11.9 Å². The van der Waals surface area contributed by atoms with Crippen LogP contribution in [-0.4, -0.2) is 35.9 Å². The van der Waals surface area contributed by atoms with E-state index in [4.69, 9.17) is 4.74 Å². The third-order valence-electron chi connectivity index (χ3n) is 2.11. The van der Waals surface area contributed by atoms with Gasteiger partial charge in [-0.15, -0.1) is 0 Å². The summed E-state index contributed by atoms with van der Waals surface area (Å²) in [6.07, 6.45) is 1.67. The molecule has 13 heavy (non-hydrogen) atoms. The Kier molecular flexibility index (Phi) is 3.27. The predicted octanol–water partition coefficient (Wildman–Crippen LogP) is 0.0525. The van der Waals surface area contributed by atoms with Gasteiger partial charge in [0, 0.05) is 19.3 Å². The molecule has 76 valence electrons. The van der Waals surface area contributed by atoms with Crippen LogP contribution >= 0.6 is 0 Å². The van der Waals surface area contributed by atoms with Crippen molar-refractivity contribution in [2.24, 2.45) is 0 Å². The minimum Gasteiger partial charge on any atom is -0.381 e. The maximum absolute atomic E-state index is 11.3. The van der Waals surface area contributed by atoms with E-state index in [2.05, 4.69) is 5.32 Å². The van der Waals surface area contributed by atoms with Gasteiger partial charge in [-0.25, -0.2) is 0 Å². The Morgan fingerprint density at radius 1 is 1.46 bits per heavy atom. The van der Waals surface area contributed by atoms with Gasteiger partial charge in [-0.05, 0) is 26.7 Å². The van der Waals surface area contributed by atoms with Crippen LogP contribution in [0.1, 0.15) is 26.7 Å². The number of rotatable bonds is 2. The molecule has 4 heteroatoms. The molecule has 0 atom stereocenters. The van der Waals surface area contributed by atoms with Crippen LogP contribution in [0.2, 0.25) is 0 Å². The van der Waals surface area contributed by atoms with Gasteiger partial charge < -0.3 is 15.2 Å². The third-order valence-corrected chi connectivity index (χ3v) is 2.11. The summed E-state index contributed by atoms with van der Waals surface area (Å²) in [7, 11) is 0. The van der Waals surface area contributed by atoms with Crippen LogP contribution in [0.15, 0.2) is 0 Å². The van der Waals surface area contributed by atoms with E-state index in [0.29, 0.717) is 13.2 Å². The second kappa shape index (κ2) is 4.07. The number of carbonyl (C=O) groups excluding carboxylic acids is 1. The van der Waals surface area contributed by atoms with Crippen LogP contribution in [0.3, 0.4) is 0 Å². The molecule has 2 N–H and O–H groups in total. The Labute approximate surface area is 78.3 Å². The van der Waals surface area contributed by atoms with Gasteiger partial charge in [0.05, 0.1) is 0 Å². The average molecular weight is 187 g/mol. The first-order valence-corrected chi connectivity index (χ1v) is 4.61. The minimum absolute atomic E-state index is 0.160. The van der Waals surface area contributed by atoms with E-state index in [0.717, 1.165) is 12.8 Å². The second-order valence-electron chi connectivity index (χ2n) is 3.92. The summed E-state index contributed by atoms with van der Waals surface area (Å²) in [6.45, 7) is 4.36. The zero-order valence-corrected chi connectivity index (χ0v) is 8.17. The SMILES string of the molecule is CC(C)(O)C(=O)NC1CCOCC1. The van der Waals surface area contributed by atoms with Crippen LogP contribution < -0.4 is 5.32 Å². The largest absolute Gasteiger partial charge is 0.381 e. The van der Waals surface area contributed by atoms with E-state index >= 15 is 0 Å². The number of hydrogen-bond acceptors (Lipinski definition) is 3. The molecule has 0 aromatic rings. The van der Waals surface area contributed by atoms with E-state index < -0.39 is 5.60 Å². The molecule has 0 radical (unpaired) electrons. The van der Waals surface area contributed by atoms with Gasteiger partial charge in [0.15, 0.2) is 0 Å². The van der Waals surface area contributed by atoms with Crippen LogP contribution in [0, 0.1) is 0 Å². The van der Waals surface area contributed by atoms with Crippen LogP contribution in [0.4, 0.5) is 0 Å². The van der Waals surface area contributed by atoms with Gasteiger partial charge in [-0.2, -0.15) is 0 Å². The molecule has 1 saturated heterocycles. The van der Waals surface area contributed by atoms with Gasteiger partial charge in [0.1, 0.15) is 5.60 Å². The number of hydrogen-bond donors (Lipinski definition) is 2. The Morgan fingerprint density at radius 2 is 2.00 bits per heavy atom. The molecule has 1 fully saturated rings. The Bertz CT molecular complexity index is 180. The van der Waals surface area contributed by atoms with E-state index in [1.165, 1.54) is 13.8 Å². The molecule has 0 aromatic carbocycles. The molecule has 1 aliphatic rings. The predicted molar refractivity (Wildman–Crippen MR) is 48.3 cm³/mol. The van der Waals surface area contributed by atoms with Gasteiger partial charge in [-0.3, -0.25) is 4.79 Å². The summed E-state index contributed by atoms with van der Waals surface area (Å²) in [5.74, 6) is -0.306. The summed E-state index contributed by atoms with van der Waals surface area (Å²) in [4.78, 5) is 11.3. The number of carbonyl (C=O) groups is 1. The van der Waals surface area contributed by atoms with Crippen molar-refractivity contribution in [2.45, 2.75) is 38.3 Å². The molecule has 0 bridgehead atoms. The minimum atomic E-state index is -1.28. The first-order chi connectivity index (χ1) is 6.00. The molecule has 0 aromatic heterocycles. The van der Waals surface area contributed by atoms with Crippen molar-refractivity contribution >= 4 is 5.91 Å². The lowest BCUT2D eigenvalue weighted by atomic mass is 10.1. The van der Waals surface area contributed by atoms with Crippen molar-refractivity contribution in [1.29, 1.82) is 0 Å². The molecule has 1 rings (SSSR count). The molecule has 1 aliphatic heterocycles. The normalized spacial score (nSPS) is 19.9. The van der Waals surface area contributed by atoms with Crippen LogP contribution in [0.25, 0.3) is 0 Å². The molecule has 0 spiro atoms. The highest BCUT2D eigenvalue weighted by molar-refractivity contribution is 5.84. The molecule has 1 heterocycles. The second-order valence-corrected chi connectivity index (χ2v) is 3.92. The smallest absolute Gasteiger partial charge is 0.251 e. The van der Waals surface area contributed by atoms with Crippen molar-refractivity contribution in [2.75, 3.05) is 13.2 Å². The van der Waals surface area contributed by atoms with Gasteiger partial charge in [0.25, 0.3) is 5.91 Å². The maximum atomic E-state index is 11.3. The van der Waals surface area contributed by atoms with Crippen LogP contribution in [0.5, 0.6) is 0 Å². The lowest BCUT2D eigenvalue weighted by molar-refractivity contribution is -0.137. The summed E-state index contributed by atoms with van der Waals surface area (Å²) in [5.41, 5.74) is -1.28. The highest BCUT2D eigenvalue weighted by atomic mass is 16.5. The van der Waals surface area contributed by atoms with Crippen molar-refractivity contribution < 1.29 is 14.6 Å². The van der Waals surface area contributed by atoms with Gasteiger partial charge >= 0.3 is 0 Å². The van der Waals surface area contributed by atoms with Crippen molar-refractivity contribution in [3.8, 4) is 0 Å². The molecular weight excluding hydrogens is 170 g/mol. The lowest BCUT2D eigenvalue weighted by Crippen LogP contribution is -2.48. The Balaban J connectivity index is 2.35. The summed E-state index contributed by atoms with van der Waals surface area (Å²) in [6, 6.07) is 0.160. The number of ether oxygens (including phenoxy) is 1. The summed E-state index contributed by atoms with van der Waals surface area (Å²) < 4.78 is 5.15. The zero-order chi connectivity index (χ0) is 9.90. The van der Waals surface area contributed by atoms with Crippen molar-refractivity contribution in [3.05, 3.63) is 0 Å². The Morgan fingerprint density at radius 3 is 2.46 bits per heavy atom. The topological polar surface area (TPSA) is 58.6 Å². The first kappa shape index (κ1) is 10.5. The molecular formula is C9H17NO3. The monoisotopic (exact) mass is 187 g/mol. The number of amides is 1. The number of nitrogens with one attached hydrogen (secondary N) is 1. The molecule has 0 saturated carbocycles. The highest BCUT2D eigenvalue weighted by Crippen LogP contribution is 2.08. The molecule has 4 nitrogen and oxygen atoms in total. The molecule has 1 amide bonds. The quantitative estimate of drug-likeness (QED) is 0.642. The average Bonchev–Trinajstić information content (AvgIpc) is 2.04. The standard InChI is InChI=1S/C9H17NO3/c1-9(2,12)8(11)10-7-3-5-13-6-4-7/h7,12H,3-6H2,1-2H3,(H,10,11). The van der Waals surface area contributed by atoms with Crippen molar-refractivity contribution in [3.63, 3.8) is 0 Å². The zero-order valence-electron chi connectivity index (χ0n) is 8.17. The van der Waals surface area contributed by atoms with Gasteiger partial charge in [0.2, 0.25) is 0 Å². The molecule has 0 unspecified atom stereocenters. The van der Waals surface area contributed by atoms with Crippen molar-refractivity contribution in [1.82, 2.24) is 5.32 Å². The highest BCUT2D eigenvalue weighted by Gasteiger charge is 2.26. The molecule has 0 aliphatic carbocycles. The summed E-state index contributed by atoms with van der Waals surface area (Å²) in [5, 5.41) is 12.2. The Hall–Kier alpha value is -0.610. The fourth-order valence-corrected chi connectivity index (χ4v) is 1.20. The maximum Gasteiger partial charge on any atom is 0.251 e. The first-order valence-electron chi connectivity index (χ1n) is 4.61. The van der Waals surface area contributed by atoms with E-state index in [1.807, 2.05) is 0 Å². The summed E-state index contributed by atoms with van der Waals surface area (Å²) >= 11 is 0. The fourth-order valence-electron chi connectivity index (χ4n) is 1.20. The van der Waals surface area contributed by atoms with Gasteiger partial charge in [-0.1, -0.05) is 0 Å². The number of aliphatic hydroxyl groups is 1.